The Hall–Kier alpha value is -1.84. The number of benzene rings is 1. The Morgan fingerprint density at radius 1 is 1.27 bits per heavy atom. The highest BCUT2D eigenvalue weighted by molar-refractivity contribution is 6.53. The number of Topliss-reactive ketones (excluding diaryl/α,β-unsaturated/α-hetero) is 1. The normalized spacial score (nSPS) is 15.0. The van der Waals surface area contributed by atoms with Crippen LogP contribution < -0.4 is 10.6 Å². The third-order valence-electron chi connectivity index (χ3n) is 2.48. The summed E-state index contributed by atoms with van der Waals surface area (Å²) < 4.78 is 0. The van der Waals surface area contributed by atoms with Gasteiger partial charge in [-0.05, 0) is 26.0 Å². The fourth-order valence-electron chi connectivity index (χ4n) is 1.83. The van der Waals surface area contributed by atoms with Gasteiger partial charge in [0, 0.05) is 6.04 Å². The first-order chi connectivity index (χ1) is 7.04. The van der Waals surface area contributed by atoms with E-state index in [0.717, 1.165) is 0 Å². The molecule has 4 heteroatoms. The second-order valence-electron chi connectivity index (χ2n) is 3.84. The average Bonchev–Trinajstić information content (AvgIpc) is 2.43. The van der Waals surface area contributed by atoms with Gasteiger partial charge < -0.3 is 10.6 Å². The number of nitrogen functional groups attached to an aromatic ring is 1. The number of hydrogen-bond donors (Lipinski definition) is 1. The highest BCUT2D eigenvalue weighted by atomic mass is 16.2. The van der Waals surface area contributed by atoms with Crippen LogP contribution in [0.5, 0.6) is 0 Å². The molecular formula is C11H12N2O2. The number of fused-ring (bicyclic) bond motifs is 1. The molecule has 1 aromatic carbocycles. The van der Waals surface area contributed by atoms with Gasteiger partial charge in [0.15, 0.2) is 0 Å². The first kappa shape index (κ1) is 9.71. The van der Waals surface area contributed by atoms with E-state index in [2.05, 4.69) is 0 Å². The van der Waals surface area contributed by atoms with Gasteiger partial charge in [-0.25, -0.2) is 0 Å². The van der Waals surface area contributed by atoms with Crippen molar-refractivity contribution in [2.75, 3.05) is 10.6 Å². The third-order valence-corrected chi connectivity index (χ3v) is 2.48. The number of anilines is 2. The van der Waals surface area contributed by atoms with Crippen molar-refractivity contribution in [2.45, 2.75) is 19.9 Å². The summed E-state index contributed by atoms with van der Waals surface area (Å²) in [6, 6.07) is 4.95. The highest BCUT2D eigenvalue weighted by Crippen LogP contribution is 2.35. The van der Waals surface area contributed by atoms with Gasteiger partial charge in [-0.3, -0.25) is 9.59 Å². The summed E-state index contributed by atoms with van der Waals surface area (Å²) in [5.74, 6) is -0.955. The van der Waals surface area contributed by atoms with Crippen molar-refractivity contribution in [1.29, 1.82) is 0 Å². The van der Waals surface area contributed by atoms with Gasteiger partial charge in [0.05, 0.1) is 16.9 Å². The van der Waals surface area contributed by atoms with E-state index in [9.17, 15) is 9.59 Å². The third kappa shape index (κ3) is 1.21. The van der Waals surface area contributed by atoms with Crippen molar-refractivity contribution >= 4 is 23.1 Å². The molecule has 0 fully saturated rings. The minimum Gasteiger partial charge on any atom is -0.397 e. The van der Waals surface area contributed by atoms with Crippen molar-refractivity contribution in [1.82, 2.24) is 0 Å². The molecule has 0 aliphatic carbocycles. The number of rotatable bonds is 1. The van der Waals surface area contributed by atoms with Crippen LogP contribution >= 0.6 is 0 Å². The number of ketones is 1. The van der Waals surface area contributed by atoms with E-state index in [1.54, 1.807) is 18.2 Å². The standard InChI is InChI=1S/C11H12N2O2/c1-6(2)13-9-7(10(14)11(13)15)4-3-5-8(9)12/h3-6H,12H2,1-2H3. The van der Waals surface area contributed by atoms with E-state index in [0.29, 0.717) is 16.9 Å². The molecule has 0 atom stereocenters. The molecule has 1 amide bonds. The van der Waals surface area contributed by atoms with Gasteiger partial charge in [-0.2, -0.15) is 0 Å². The Bertz CT molecular complexity index is 452. The summed E-state index contributed by atoms with van der Waals surface area (Å²) in [5, 5.41) is 0. The van der Waals surface area contributed by atoms with Gasteiger partial charge in [-0.1, -0.05) is 6.07 Å². The average molecular weight is 204 g/mol. The fourth-order valence-corrected chi connectivity index (χ4v) is 1.83. The number of amides is 1. The summed E-state index contributed by atoms with van der Waals surface area (Å²) in [7, 11) is 0. The number of carbonyl (C=O) groups excluding carboxylic acids is 2. The van der Waals surface area contributed by atoms with Gasteiger partial charge in [-0.15, -0.1) is 0 Å². The van der Waals surface area contributed by atoms with Gasteiger partial charge in [0.1, 0.15) is 0 Å². The van der Waals surface area contributed by atoms with E-state index < -0.39 is 11.7 Å². The minimum atomic E-state index is -0.488. The molecule has 4 nitrogen and oxygen atoms in total. The smallest absolute Gasteiger partial charge is 0.299 e. The molecule has 15 heavy (non-hydrogen) atoms. The van der Waals surface area contributed by atoms with E-state index >= 15 is 0 Å². The molecule has 0 bridgehead atoms. The Balaban J connectivity index is 2.67. The number of nitrogens with zero attached hydrogens (tertiary/aromatic N) is 1. The van der Waals surface area contributed by atoms with Crippen LogP contribution in [0.3, 0.4) is 0 Å². The maximum atomic E-state index is 11.7. The second-order valence-corrected chi connectivity index (χ2v) is 3.84. The van der Waals surface area contributed by atoms with E-state index in [4.69, 9.17) is 5.73 Å². The van der Waals surface area contributed by atoms with Crippen LogP contribution in [0.15, 0.2) is 18.2 Å². The topological polar surface area (TPSA) is 63.4 Å². The Kier molecular flexibility index (Phi) is 2.00. The molecule has 0 radical (unpaired) electrons. The van der Waals surface area contributed by atoms with Gasteiger partial charge in [0.25, 0.3) is 11.7 Å². The Morgan fingerprint density at radius 3 is 2.53 bits per heavy atom. The lowest BCUT2D eigenvalue weighted by Gasteiger charge is -2.21. The van der Waals surface area contributed by atoms with Crippen LogP contribution in [0.25, 0.3) is 0 Å². The fraction of sp³-hybridized carbons (Fsp3) is 0.273. The summed E-state index contributed by atoms with van der Waals surface area (Å²) >= 11 is 0. The quantitative estimate of drug-likeness (QED) is 0.552. The first-order valence-electron chi connectivity index (χ1n) is 4.80. The number of carbonyl (C=O) groups is 2. The molecule has 0 saturated heterocycles. The Labute approximate surface area is 87.7 Å². The summed E-state index contributed by atoms with van der Waals surface area (Å²) in [6.07, 6.45) is 0. The lowest BCUT2D eigenvalue weighted by atomic mass is 10.1. The molecule has 2 rings (SSSR count). The van der Waals surface area contributed by atoms with Crippen molar-refractivity contribution < 1.29 is 9.59 Å². The molecular weight excluding hydrogens is 192 g/mol. The van der Waals surface area contributed by atoms with E-state index in [1.165, 1.54) is 4.90 Å². The first-order valence-corrected chi connectivity index (χ1v) is 4.80. The maximum Gasteiger partial charge on any atom is 0.299 e. The van der Waals surface area contributed by atoms with E-state index in [-0.39, 0.29) is 6.04 Å². The number of nitrogens with two attached hydrogens (primary N) is 1. The van der Waals surface area contributed by atoms with Crippen LogP contribution in [0, 0.1) is 0 Å². The zero-order chi connectivity index (χ0) is 11.2. The summed E-state index contributed by atoms with van der Waals surface area (Å²) in [4.78, 5) is 24.7. The SMILES string of the molecule is CC(C)N1C(=O)C(=O)c2cccc(N)c21. The van der Waals surface area contributed by atoms with Crippen molar-refractivity contribution in [2.24, 2.45) is 0 Å². The summed E-state index contributed by atoms with van der Waals surface area (Å²) in [6.45, 7) is 3.71. The molecule has 2 N–H and O–H groups in total. The lowest BCUT2D eigenvalue weighted by molar-refractivity contribution is -0.114. The van der Waals surface area contributed by atoms with Crippen LogP contribution in [-0.4, -0.2) is 17.7 Å². The van der Waals surface area contributed by atoms with Crippen molar-refractivity contribution in [3.05, 3.63) is 23.8 Å². The summed E-state index contributed by atoms with van der Waals surface area (Å²) in [5.41, 5.74) is 7.22. The predicted octanol–water partition coefficient (Wildman–Crippen LogP) is 1.21. The predicted molar refractivity (Wildman–Crippen MR) is 57.8 cm³/mol. The molecule has 1 aliphatic heterocycles. The zero-order valence-electron chi connectivity index (χ0n) is 8.65. The molecule has 0 aromatic heterocycles. The Morgan fingerprint density at radius 2 is 1.93 bits per heavy atom. The molecule has 78 valence electrons. The number of hydrogen-bond acceptors (Lipinski definition) is 3. The van der Waals surface area contributed by atoms with Gasteiger partial charge >= 0.3 is 0 Å². The molecule has 0 saturated carbocycles. The minimum absolute atomic E-state index is 0.0626. The van der Waals surface area contributed by atoms with Crippen LogP contribution in [0.1, 0.15) is 24.2 Å². The molecule has 1 heterocycles. The lowest BCUT2D eigenvalue weighted by Crippen LogP contribution is -2.36. The highest BCUT2D eigenvalue weighted by Gasteiger charge is 2.38. The van der Waals surface area contributed by atoms with Crippen molar-refractivity contribution in [3.8, 4) is 0 Å². The van der Waals surface area contributed by atoms with Crippen LogP contribution in [-0.2, 0) is 4.79 Å². The molecule has 0 unspecified atom stereocenters. The molecule has 0 spiro atoms. The van der Waals surface area contributed by atoms with Crippen molar-refractivity contribution in [3.63, 3.8) is 0 Å². The number of para-hydroxylation sites is 1. The zero-order valence-corrected chi connectivity index (χ0v) is 8.65. The molecule has 1 aromatic rings. The van der Waals surface area contributed by atoms with E-state index in [1.807, 2.05) is 13.8 Å². The van der Waals surface area contributed by atoms with Crippen LogP contribution in [0.2, 0.25) is 0 Å². The van der Waals surface area contributed by atoms with Crippen LogP contribution in [0.4, 0.5) is 11.4 Å². The monoisotopic (exact) mass is 204 g/mol. The van der Waals surface area contributed by atoms with Gasteiger partial charge in [0.2, 0.25) is 0 Å². The molecule has 1 aliphatic rings. The second kappa shape index (κ2) is 3.08. The maximum absolute atomic E-state index is 11.7. The largest absolute Gasteiger partial charge is 0.397 e.